The minimum absolute atomic E-state index is 0.0467. The zero-order valence-corrected chi connectivity index (χ0v) is 11.2. The van der Waals surface area contributed by atoms with E-state index >= 15 is 0 Å². The largest absolute Gasteiger partial charge is 0.258 e. The topological polar surface area (TPSA) is 17.8 Å². The fraction of sp³-hybridized carbons (Fsp3) is 0.364. The highest BCUT2D eigenvalue weighted by Crippen LogP contribution is 2.32. The number of rotatable bonds is 0. The molecule has 0 aliphatic heterocycles. The van der Waals surface area contributed by atoms with E-state index < -0.39 is 0 Å². The van der Waals surface area contributed by atoms with Crippen LogP contribution in [-0.2, 0) is 5.54 Å². The predicted molar refractivity (Wildman–Crippen MR) is 67.4 cm³/mol. The molecule has 0 spiro atoms. The Morgan fingerprint density at radius 2 is 2.00 bits per heavy atom. The van der Waals surface area contributed by atoms with Crippen LogP contribution in [-0.4, -0.2) is 9.78 Å². The average molecular weight is 288 g/mol. The number of hydrogen-bond donors (Lipinski definition) is 0. The van der Waals surface area contributed by atoms with E-state index in [1.54, 1.807) is 0 Å². The molecule has 0 fully saturated rings. The van der Waals surface area contributed by atoms with E-state index in [2.05, 4.69) is 41.8 Å². The van der Waals surface area contributed by atoms with Gasteiger partial charge in [-0.05, 0) is 48.8 Å². The van der Waals surface area contributed by atoms with Crippen molar-refractivity contribution in [1.29, 1.82) is 0 Å². The van der Waals surface area contributed by atoms with Crippen molar-refractivity contribution >= 4 is 38.4 Å². The second kappa shape index (κ2) is 3.49. The quantitative estimate of drug-likeness (QED) is 0.710. The molecule has 4 heteroatoms. The molecule has 1 aromatic carbocycles. The molecule has 1 heterocycles. The molecule has 0 aliphatic carbocycles. The highest BCUT2D eigenvalue weighted by atomic mass is 79.9. The van der Waals surface area contributed by atoms with Gasteiger partial charge in [-0.15, -0.1) is 0 Å². The van der Waals surface area contributed by atoms with Gasteiger partial charge >= 0.3 is 0 Å². The molecule has 2 rings (SSSR count). The number of nitrogens with zero attached hydrogens (tertiary/aromatic N) is 2. The fourth-order valence-corrected chi connectivity index (χ4v) is 2.54. The third-order valence-corrected chi connectivity index (χ3v) is 3.12. The van der Waals surface area contributed by atoms with Crippen molar-refractivity contribution in [3.05, 3.63) is 27.8 Å². The maximum atomic E-state index is 6.14. The first-order valence-electron chi connectivity index (χ1n) is 4.74. The van der Waals surface area contributed by atoms with Crippen LogP contribution in [0.25, 0.3) is 10.9 Å². The molecule has 0 radical (unpaired) electrons. The summed E-state index contributed by atoms with van der Waals surface area (Å²) in [5.41, 5.74) is 1.01. The molecule has 0 unspecified atom stereocenters. The Labute approximate surface area is 102 Å². The van der Waals surface area contributed by atoms with Gasteiger partial charge in [0.05, 0.1) is 21.5 Å². The number of aromatic nitrogens is 2. The van der Waals surface area contributed by atoms with E-state index in [0.717, 1.165) is 20.5 Å². The smallest absolute Gasteiger partial charge is 0.137 e. The van der Waals surface area contributed by atoms with Crippen molar-refractivity contribution in [1.82, 2.24) is 9.78 Å². The first-order valence-corrected chi connectivity index (χ1v) is 5.91. The van der Waals surface area contributed by atoms with Crippen LogP contribution in [0.3, 0.4) is 0 Å². The van der Waals surface area contributed by atoms with E-state index in [1.807, 2.05) is 22.9 Å². The molecule has 2 nitrogen and oxygen atoms in total. The van der Waals surface area contributed by atoms with E-state index in [4.69, 9.17) is 11.6 Å². The zero-order valence-electron chi connectivity index (χ0n) is 8.88. The molecule has 0 saturated heterocycles. The molecule has 1 aromatic heterocycles. The zero-order chi connectivity index (χ0) is 11.2. The van der Waals surface area contributed by atoms with Gasteiger partial charge in [-0.1, -0.05) is 17.7 Å². The third kappa shape index (κ3) is 1.79. The Morgan fingerprint density at radius 3 is 2.60 bits per heavy atom. The number of fused-ring (bicyclic) bond motifs is 1. The van der Waals surface area contributed by atoms with Crippen molar-refractivity contribution in [3.8, 4) is 0 Å². The molecule has 0 amide bonds. The first-order chi connectivity index (χ1) is 6.91. The molecule has 15 heavy (non-hydrogen) atoms. The summed E-state index contributed by atoms with van der Waals surface area (Å²) < 4.78 is 2.79. The summed E-state index contributed by atoms with van der Waals surface area (Å²) in [6, 6.07) is 5.86. The number of halogens is 2. The maximum absolute atomic E-state index is 6.14. The first kappa shape index (κ1) is 11.0. The Kier molecular flexibility index (Phi) is 2.55. The molecule has 2 aromatic rings. The molecule has 0 aliphatic rings. The van der Waals surface area contributed by atoms with Gasteiger partial charge < -0.3 is 0 Å². The minimum atomic E-state index is -0.0467. The highest BCUT2D eigenvalue weighted by molar-refractivity contribution is 9.10. The second-order valence-corrected chi connectivity index (χ2v) is 5.67. The predicted octanol–water partition coefficient (Wildman–Crippen LogP) is 4.21. The molecular formula is C11H12BrClN2. The van der Waals surface area contributed by atoms with Gasteiger partial charge in [0, 0.05) is 0 Å². The van der Waals surface area contributed by atoms with E-state index in [-0.39, 0.29) is 5.54 Å². The van der Waals surface area contributed by atoms with Crippen molar-refractivity contribution in [2.75, 3.05) is 0 Å². The normalized spacial score (nSPS) is 12.3. The summed E-state index contributed by atoms with van der Waals surface area (Å²) in [5.74, 6) is 0. The van der Waals surface area contributed by atoms with Gasteiger partial charge in [0.25, 0.3) is 0 Å². The average Bonchev–Trinajstić information content (AvgIpc) is 2.44. The Balaban J connectivity index is 2.85. The molecule has 0 bridgehead atoms. The van der Waals surface area contributed by atoms with Crippen molar-refractivity contribution in [2.24, 2.45) is 0 Å². The van der Waals surface area contributed by atoms with E-state index in [9.17, 15) is 0 Å². The summed E-state index contributed by atoms with van der Waals surface area (Å²) in [6.07, 6.45) is 0. The fourth-order valence-electron chi connectivity index (χ4n) is 1.60. The molecule has 0 saturated carbocycles. The van der Waals surface area contributed by atoms with Gasteiger partial charge in [0.1, 0.15) is 4.60 Å². The number of hydrogen-bond acceptors (Lipinski definition) is 1. The third-order valence-electron chi connectivity index (χ3n) is 2.25. The highest BCUT2D eigenvalue weighted by Gasteiger charge is 2.20. The van der Waals surface area contributed by atoms with Gasteiger partial charge in [-0.2, -0.15) is 5.10 Å². The summed E-state index contributed by atoms with van der Waals surface area (Å²) in [6.45, 7) is 6.35. The maximum Gasteiger partial charge on any atom is 0.137 e. The second-order valence-electron chi connectivity index (χ2n) is 4.51. The van der Waals surface area contributed by atoms with E-state index in [0.29, 0.717) is 0 Å². The van der Waals surface area contributed by atoms with Crippen LogP contribution in [0, 0.1) is 0 Å². The van der Waals surface area contributed by atoms with Crippen LogP contribution in [0.2, 0.25) is 5.02 Å². The van der Waals surface area contributed by atoms with Gasteiger partial charge in [-0.3, -0.25) is 4.68 Å². The Hall–Kier alpha value is -0.540. The summed E-state index contributed by atoms with van der Waals surface area (Å²) >= 11 is 9.59. The SMILES string of the molecule is CC(C)(C)n1nc(Br)c2c(Cl)cccc21. The van der Waals surface area contributed by atoms with Crippen LogP contribution < -0.4 is 0 Å². The molecular weight excluding hydrogens is 275 g/mol. The summed E-state index contributed by atoms with van der Waals surface area (Å²) in [4.78, 5) is 0. The van der Waals surface area contributed by atoms with E-state index in [1.165, 1.54) is 0 Å². The van der Waals surface area contributed by atoms with Crippen LogP contribution in [0.15, 0.2) is 22.8 Å². The Morgan fingerprint density at radius 1 is 1.33 bits per heavy atom. The monoisotopic (exact) mass is 286 g/mol. The van der Waals surface area contributed by atoms with Crippen molar-refractivity contribution in [2.45, 2.75) is 26.3 Å². The van der Waals surface area contributed by atoms with Crippen LogP contribution in [0.1, 0.15) is 20.8 Å². The molecule has 0 N–H and O–H groups in total. The van der Waals surface area contributed by atoms with Crippen LogP contribution >= 0.6 is 27.5 Å². The van der Waals surface area contributed by atoms with Crippen LogP contribution in [0.5, 0.6) is 0 Å². The molecule has 80 valence electrons. The number of benzene rings is 1. The minimum Gasteiger partial charge on any atom is -0.258 e. The van der Waals surface area contributed by atoms with Crippen molar-refractivity contribution in [3.63, 3.8) is 0 Å². The Bertz CT molecular complexity index is 511. The summed E-state index contributed by atoms with van der Waals surface area (Å²) in [5, 5.41) is 6.18. The lowest BCUT2D eigenvalue weighted by atomic mass is 10.1. The lowest BCUT2D eigenvalue weighted by molar-refractivity contribution is 0.367. The lowest BCUT2D eigenvalue weighted by Gasteiger charge is -2.20. The van der Waals surface area contributed by atoms with Gasteiger partial charge in [0.2, 0.25) is 0 Å². The lowest BCUT2D eigenvalue weighted by Crippen LogP contribution is -2.22. The van der Waals surface area contributed by atoms with Gasteiger partial charge in [-0.25, -0.2) is 0 Å². The van der Waals surface area contributed by atoms with Crippen LogP contribution in [0.4, 0.5) is 0 Å². The molecule has 0 atom stereocenters. The van der Waals surface area contributed by atoms with Gasteiger partial charge in [0.15, 0.2) is 0 Å². The van der Waals surface area contributed by atoms with Crippen molar-refractivity contribution < 1.29 is 0 Å². The summed E-state index contributed by atoms with van der Waals surface area (Å²) in [7, 11) is 0. The standard InChI is InChI=1S/C11H12BrClN2/c1-11(2,3)15-8-6-4-5-7(13)9(8)10(12)14-15/h4-6H,1-3H3.